The van der Waals surface area contributed by atoms with E-state index in [2.05, 4.69) is 30.6 Å². The minimum atomic E-state index is -0.288. The van der Waals surface area contributed by atoms with E-state index in [0.717, 1.165) is 28.3 Å². The third kappa shape index (κ3) is 4.40. The fourth-order valence-corrected chi connectivity index (χ4v) is 4.83. The highest BCUT2D eigenvalue weighted by molar-refractivity contribution is 5.95. The number of hydrogen-bond acceptors (Lipinski definition) is 9. The van der Waals surface area contributed by atoms with Gasteiger partial charge in [-0.1, -0.05) is 5.21 Å². The first-order valence-corrected chi connectivity index (χ1v) is 12.0. The summed E-state index contributed by atoms with van der Waals surface area (Å²) in [7, 11) is 0. The highest BCUT2D eigenvalue weighted by Crippen LogP contribution is 2.22. The Labute approximate surface area is 207 Å². The average Bonchev–Trinajstić information content (AvgIpc) is 3.57. The van der Waals surface area contributed by atoms with E-state index < -0.39 is 0 Å². The molecule has 0 spiro atoms. The van der Waals surface area contributed by atoms with Gasteiger partial charge in [-0.05, 0) is 32.0 Å². The lowest BCUT2D eigenvalue weighted by molar-refractivity contribution is 0.0292. The van der Waals surface area contributed by atoms with Crippen LogP contribution in [0.5, 0.6) is 5.75 Å². The molecule has 0 radical (unpaired) electrons. The summed E-state index contributed by atoms with van der Waals surface area (Å²) in [5, 5.41) is 16.0. The van der Waals surface area contributed by atoms with Gasteiger partial charge in [-0.2, -0.15) is 5.10 Å². The standard InChI is InChI=1S/C24H27N9O3/c1-15-8-16(2)33-23(27-15)17(9-26-33)10-31-12-19-21(13-31)36-14-18-11-32(30-29-18)6-7-35-20-4-3-5-25-22(20)24(34)28-19/h3-5,8-9,11,19,21H,6-7,10,12-14H2,1-2H3,(H,28,34)/t19-,21-/m0/s1. The van der Waals surface area contributed by atoms with Crippen molar-refractivity contribution in [3.8, 4) is 5.75 Å². The number of nitrogens with zero attached hydrogens (tertiary/aromatic N) is 8. The second kappa shape index (κ2) is 9.28. The molecule has 6 heterocycles. The Balaban J connectivity index is 1.27. The number of hydrogen-bond donors (Lipinski definition) is 1. The molecular formula is C24H27N9O3. The fourth-order valence-electron chi connectivity index (χ4n) is 4.83. The average molecular weight is 490 g/mol. The van der Waals surface area contributed by atoms with E-state index in [1.807, 2.05) is 36.8 Å². The second-order valence-corrected chi connectivity index (χ2v) is 9.24. The SMILES string of the molecule is Cc1cc(C)n2ncc(CN3C[C@@H]4NC(=O)c5ncccc5OCCn5cc(nn5)CO[C@H]4C3)c2n1. The number of nitrogens with one attached hydrogen (secondary N) is 1. The van der Waals surface area contributed by atoms with Crippen molar-refractivity contribution in [2.24, 2.45) is 0 Å². The van der Waals surface area contributed by atoms with E-state index >= 15 is 0 Å². The number of carbonyl (C=O) groups excluding carboxylic acids is 1. The summed E-state index contributed by atoms with van der Waals surface area (Å²) >= 11 is 0. The molecule has 2 bridgehead atoms. The predicted molar refractivity (Wildman–Crippen MR) is 127 cm³/mol. The van der Waals surface area contributed by atoms with Crippen molar-refractivity contribution in [3.05, 3.63) is 65.1 Å². The zero-order chi connectivity index (χ0) is 24.6. The second-order valence-electron chi connectivity index (χ2n) is 9.24. The van der Waals surface area contributed by atoms with Crippen molar-refractivity contribution in [1.82, 2.24) is 44.8 Å². The topological polar surface area (TPSA) is 125 Å². The van der Waals surface area contributed by atoms with Gasteiger partial charge in [0.2, 0.25) is 0 Å². The Hall–Kier alpha value is -3.90. The molecule has 1 N–H and O–H groups in total. The molecule has 0 saturated carbocycles. The molecule has 4 aromatic rings. The molecule has 0 unspecified atom stereocenters. The third-order valence-corrected chi connectivity index (χ3v) is 6.50. The Morgan fingerprint density at radius 3 is 3.08 bits per heavy atom. The van der Waals surface area contributed by atoms with Crippen LogP contribution in [-0.2, 0) is 24.4 Å². The number of aromatic nitrogens is 7. The molecule has 0 aromatic carbocycles. The summed E-state index contributed by atoms with van der Waals surface area (Å²) in [6.45, 7) is 7.01. The summed E-state index contributed by atoms with van der Waals surface area (Å²) in [5.74, 6) is 0.145. The molecule has 4 aromatic heterocycles. The van der Waals surface area contributed by atoms with Gasteiger partial charge in [0.05, 0.1) is 37.7 Å². The monoisotopic (exact) mass is 489 g/mol. The number of amides is 1. The maximum atomic E-state index is 13.2. The van der Waals surface area contributed by atoms with Gasteiger partial charge in [0.25, 0.3) is 5.91 Å². The molecule has 2 aliphatic heterocycles. The summed E-state index contributed by atoms with van der Waals surface area (Å²) in [4.78, 5) is 24.5. The molecule has 12 nitrogen and oxygen atoms in total. The van der Waals surface area contributed by atoms with Gasteiger partial charge in [0.1, 0.15) is 12.3 Å². The molecule has 36 heavy (non-hydrogen) atoms. The molecule has 1 fully saturated rings. The number of ether oxygens (including phenoxy) is 2. The highest BCUT2D eigenvalue weighted by Gasteiger charge is 2.36. The van der Waals surface area contributed by atoms with Crippen molar-refractivity contribution in [3.63, 3.8) is 0 Å². The van der Waals surface area contributed by atoms with Crippen molar-refractivity contribution in [2.45, 2.75) is 45.7 Å². The first-order valence-electron chi connectivity index (χ1n) is 12.0. The van der Waals surface area contributed by atoms with E-state index in [0.29, 0.717) is 45.1 Å². The van der Waals surface area contributed by atoms with Crippen LogP contribution in [0.4, 0.5) is 0 Å². The number of rotatable bonds is 2. The van der Waals surface area contributed by atoms with E-state index in [4.69, 9.17) is 14.5 Å². The van der Waals surface area contributed by atoms with E-state index in [9.17, 15) is 4.79 Å². The number of aryl methyl sites for hydroxylation is 2. The zero-order valence-electron chi connectivity index (χ0n) is 20.2. The van der Waals surface area contributed by atoms with Crippen LogP contribution in [0.3, 0.4) is 0 Å². The Morgan fingerprint density at radius 1 is 1.25 bits per heavy atom. The third-order valence-electron chi connectivity index (χ3n) is 6.50. The molecule has 186 valence electrons. The largest absolute Gasteiger partial charge is 0.489 e. The van der Waals surface area contributed by atoms with Crippen LogP contribution in [0.2, 0.25) is 0 Å². The molecule has 6 rings (SSSR count). The lowest BCUT2D eigenvalue weighted by Gasteiger charge is -2.20. The van der Waals surface area contributed by atoms with Crippen LogP contribution < -0.4 is 10.1 Å². The normalized spacial score (nSPS) is 20.9. The van der Waals surface area contributed by atoms with Crippen molar-refractivity contribution < 1.29 is 14.3 Å². The first-order chi connectivity index (χ1) is 17.5. The number of pyridine rings is 1. The van der Waals surface area contributed by atoms with Crippen molar-refractivity contribution >= 4 is 11.6 Å². The Kier molecular flexibility index (Phi) is 5.82. The Morgan fingerprint density at radius 2 is 2.17 bits per heavy atom. The van der Waals surface area contributed by atoms with Gasteiger partial charge in [0.15, 0.2) is 17.1 Å². The fraction of sp³-hybridized carbons (Fsp3) is 0.417. The van der Waals surface area contributed by atoms with E-state index in [-0.39, 0.29) is 23.7 Å². The maximum absolute atomic E-state index is 13.2. The van der Waals surface area contributed by atoms with Gasteiger partial charge >= 0.3 is 0 Å². The van der Waals surface area contributed by atoms with Gasteiger partial charge < -0.3 is 14.8 Å². The lowest BCUT2D eigenvalue weighted by Crippen LogP contribution is -2.44. The van der Waals surface area contributed by atoms with Gasteiger partial charge in [-0.3, -0.25) is 9.69 Å². The van der Waals surface area contributed by atoms with Crippen LogP contribution in [0.1, 0.15) is 33.1 Å². The summed E-state index contributed by atoms with van der Waals surface area (Å²) < 4.78 is 15.7. The lowest BCUT2D eigenvalue weighted by atomic mass is 10.2. The molecule has 12 heteroatoms. The van der Waals surface area contributed by atoms with E-state index in [1.54, 1.807) is 23.0 Å². The maximum Gasteiger partial charge on any atom is 0.274 e. The highest BCUT2D eigenvalue weighted by atomic mass is 16.5. The number of likely N-dealkylation sites (tertiary alicyclic amines) is 1. The molecule has 1 amide bonds. The minimum absolute atomic E-state index is 0.242. The minimum Gasteiger partial charge on any atom is -0.489 e. The molecule has 2 atom stereocenters. The summed E-state index contributed by atoms with van der Waals surface area (Å²) in [6, 6.07) is 5.26. The van der Waals surface area contributed by atoms with Crippen LogP contribution in [0.15, 0.2) is 36.8 Å². The van der Waals surface area contributed by atoms with Crippen LogP contribution in [0, 0.1) is 13.8 Å². The quantitative estimate of drug-likeness (QED) is 0.438. The number of fused-ring (bicyclic) bond motifs is 5. The number of carbonyl (C=O) groups is 1. The molecule has 2 aliphatic rings. The zero-order valence-corrected chi connectivity index (χ0v) is 20.2. The van der Waals surface area contributed by atoms with Crippen LogP contribution in [0.25, 0.3) is 5.65 Å². The van der Waals surface area contributed by atoms with Gasteiger partial charge in [-0.15, -0.1) is 5.10 Å². The predicted octanol–water partition coefficient (Wildman–Crippen LogP) is 0.925. The Bertz CT molecular complexity index is 1420. The molecule has 1 saturated heterocycles. The van der Waals surface area contributed by atoms with E-state index in [1.165, 1.54) is 0 Å². The smallest absolute Gasteiger partial charge is 0.274 e. The summed E-state index contributed by atoms with van der Waals surface area (Å²) in [5.41, 5.74) is 4.85. The van der Waals surface area contributed by atoms with Gasteiger partial charge in [-0.25, -0.2) is 19.2 Å². The van der Waals surface area contributed by atoms with Crippen LogP contribution in [-0.4, -0.2) is 77.2 Å². The van der Waals surface area contributed by atoms with Crippen molar-refractivity contribution in [1.29, 1.82) is 0 Å². The molecular weight excluding hydrogens is 462 g/mol. The first kappa shape index (κ1) is 22.6. The van der Waals surface area contributed by atoms with Gasteiger partial charge in [0, 0.05) is 42.8 Å². The van der Waals surface area contributed by atoms with Crippen molar-refractivity contribution in [2.75, 3.05) is 19.7 Å². The summed E-state index contributed by atoms with van der Waals surface area (Å²) in [6.07, 6.45) is 5.07. The molecule has 0 aliphatic carbocycles. The van der Waals surface area contributed by atoms with Crippen LogP contribution >= 0.6 is 0 Å².